The van der Waals surface area contributed by atoms with Gasteiger partial charge in [-0.2, -0.15) is 0 Å². The van der Waals surface area contributed by atoms with Crippen LogP contribution < -0.4 is 0 Å². The van der Waals surface area contributed by atoms with Crippen molar-refractivity contribution < 1.29 is 117 Å². The lowest BCUT2D eigenvalue weighted by Gasteiger charge is -2.49. The zero-order valence-corrected chi connectivity index (χ0v) is 59.1. The zero-order valence-electron chi connectivity index (χ0n) is 58.2. The molecular formula is C70H131O24P. The fourth-order valence-corrected chi connectivity index (χ4v) is 13.5. The van der Waals surface area contributed by atoms with E-state index < -0.39 is 156 Å². The van der Waals surface area contributed by atoms with Gasteiger partial charge in [0.2, 0.25) is 0 Å². The van der Waals surface area contributed by atoms with Crippen LogP contribution in [0.25, 0.3) is 0 Å². The van der Waals surface area contributed by atoms with Gasteiger partial charge in [0.15, 0.2) is 18.7 Å². The van der Waals surface area contributed by atoms with Gasteiger partial charge in [-0.15, -0.1) is 0 Å². The summed E-state index contributed by atoms with van der Waals surface area (Å²) in [6.07, 6.45) is 9.02. The van der Waals surface area contributed by atoms with Crippen LogP contribution in [0.4, 0.5) is 0 Å². The Morgan fingerprint density at radius 3 is 1.03 bits per heavy atom. The van der Waals surface area contributed by atoms with Gasteiger partial charge in [0.1, 0.15) is 98.7 Å². The van der Waals surface area contributed by atoms with Crippen LogP contribution in [-0.2, 0) is 61.2 Å². The number of phosphoric acid groups is 1. The van der Waals surface area contributed by atoms with Crippen LogP contribution in [0.3, 0.4) is 0 Å². The summed E-state index contributed by atoms with van der Waals surface area (Å²) in [7, 11) is -5.69. The lowest BCUT2D eigenvalue weighted by Crippen LogP contribution is -2.69. The number of phosphoric ester groups is 1. The Morgan fingerprint density at radius 1 is 0.368 bits per heavy atom. The maximum atomic E-state index is 14.3. The number of ether oxygens (including phenoxy) is 7. The first-order valence-corrected chi connectivity index (χ1v) is 38.8. The Balaban J connectivity index is 1.73. The van der Waals surface area contributed by atoms with Crippen molar-refractivity contribution in [1.82, 2.24) is 0 Å². The summed E-state index contributed by atoms with van der Waals surface area (Å²) in [5, 5.41) is 110. The lowest BCUT2D eigenvalue weighted by molar-refractivity contribution is -0.360. The molecule has 1 aliphatic carbocycles. The molecule has 25 heteroatoms. The van der Waals surface area contributed by atoms with Gasteiger partial charge < -0.3 is 89.1 Å². The highest BCUT2D eigenvalue weighted by atomic mass is 31.2. The van der Waals surface area contributed by atoms with E-state index in [0.29, 0.717) is 19.3 Å². The first-order chi connectivity index (χ1) is 45.8. The summed E-state index contributed by atoms with van der Waals surface area (Å²) in [5.74, 6) is -1.98. The van der Waals surface area contributed by atoms with Gasteiger partial charge in [-0.25, -0.2) is 4.57 Å². The van der Waals surface area contributed by atoms with E-state index in [2.05, 4.69) is 20.8 Å². The summed E-state index contributed by atoms with van der Waals surface area (Å²) in [6.45, 7) is 3.44. The zero-order chi connectivity index (χ0) is 69.6. The fourth-order valence-electron chi connectivity index (χ4n) is 12.5. The van der Waals surface area contributed by atoms with Crippen molar-refractivity contribution in [3.8, 4) is 0 Å². The minimum atomic E-state index is -5.69. The van der Waals surface area contributed by atoms with E-state index in [0.717, 1.165) is 89.9 Å². The normalized spacial score (nSPS) is 28.1. The highest BCUT2D eigenvalue weighted by Gasteiger charge is 2.58. The van der Waals surface area contributed by atoms with Crippen LogP contribution in [0.2, 0.25) is 0 Å². The number of carbonyl (C=O) groups is 3. The van der Waals surface area contributed by atoms with Crippen molar-refractivity contribution in [2.45, 2.75) is 401 Å². The molecule has 2 aliphatic heterocycles. The quantitative estimate of drug-likeness (QED) is 0.0117. The number of aliphatic hydroxyl groups is 10. The highest BCUT2D eigenvalue weighted by molar-refractivity contribution is 7.47. The first kappa shape index (κ1) is 87.2. The molecule has 3 fully saturated rings. The minimum Gasteiger partial charge on any atom is -0.463 e. The molecule has 1 saturated carbocycles. The smallest absolute Gasteiger partial charge is 0.463 e. The summed E-state index contributed by atoms with van der Waals surface area (Å²) < 4.78 is 64.9. The molecule has 0 radical (unpaired) electrons. The molecule has 2 saturated heterocycles. The fraction of sp³-hybridized carbons (Fsp3) is 0.957. The number of rotatable bonds is 58. The molecule has 0 spiro atoms. The molecule has 0 aromatic heterocycles. The minimum absolute atomic E-state index is 0.0327. The number of hydrogen-bond donors (Lipinski definition) is 11. The molecule has 11 N–H and O–H groups in total. The van der Waals surface area contributed by atoms with E-state index in [9.17, 15) is 74.9 Å². The number of unbranched alkanes of at least 4 members (excludes halogenated alkanes) is 37. The molecule has 3 rings (SSSR count). The second-order valence-electron chi connectivity index (χ2n) is 27.0. The molecule has 0 aromatic rings. The van der Waals surface area contributed by atoms with Crippen molar-refractivity contribution in [2.24, 2.45) is 0 Å². The standard InChI is InChI=1S/C70H131O24P/c1-4-7-10-13-16-19-22-24-25-26-27-28-31-33-35-38-41-44-54(72)86-48-51(89-56(74)46-43-40-37-34-30-23-20-17-14-11-8-5-2)49-88-95(84,85)94-68-66(92-69-64(82)59(77)57(75)52(47-71)90-69)62(80)61(79)63(81)67(68)93-70-65(83)60(78)58(76)53(91-70)50-87-55(73)45-42-39-36-32-29-21-18-15-12-9-6-3/h51-53,57-71,75-83H,4-50H2,1-3H3,(H,84,85). The summed E-state index contributed by atoms with van der Waals surface area (Å²) >= 11 is 0. The number of aliphatic hydroxyl groups excluding tert-OH is 10. The van der Waals surface area contributed by atoms with Gasteiger partial charge in [-0.3, -0.25) is 23.4 Å². The third-order valence-corrected chi connectivity index (χ3v) is 19.6. The maximum Gasteiger partial charge on any atom is 0.472 e. The molecule has 2 heterocycles. The van der Waals surface area contributed by atoms with Crippen LogP contribution in [-0.4, -0.2) is 204 Å². The predicted octanol–water partition coefficient (Wildman–Crippen LogP) is 9.80. The molecule has 24 nitrogen and oxygen atoms in total. The molecular weight excluding hydrogens is 1260 g/mol. The number of esters is 3. The van der Waals surface area contributed by atoms with Crippen molar-refractivity contribution in [2.75, 3.05) is 26.4 Å². The Morgan fingerprint density at radius 2 is 0.674 bits per heavy atom. The Kier molecular flexibility index (Phi) is 48.5. The summed E-state index contributed by atoms with van der Waals surface area (Å²) in [5.41, 5.74) is 0. The first-order valence-electron chi connectivity index (χ1n) is 37.3. The number of carbonyl (C=O) groups excluding carboxylic acids is 3. The topological polar surface area (TPSA) is 374 Å². The van der Waals surface area contributed by atoms with Gasteiger partial charge in [-0.05, 0) is 19.3 Å². The Hall–Kier alpha value is -2.04. The number of hydrogen-bond acceptors (Lipinski definition) is 23. The largest absolute Gasteiger partial charge is 0.472 e. The molecule has 0 aromatic carbocycles. The van der Waals surface area contributed by atoms with E-state index in [1.807, 2.05) is 0 Å². The average Bonchev–Trinajstić information content (AvgIpc) is 0.764. The van der Waals surface area contributed by atoms with E-state index in [1.54, 1.807) is 0 Å². The molecule has 3 aliphatic rings. The monoisotopic (exact) mass is 1390 g/mol. The van der Waals surface area contributed by atoms with Crippen LogP contribution >= 0.6 is 7.82 Å². The third kappa shape index (κ3) is 36.4. The average molecular weight is 1390 g/mol. The molecule has 18 unspecified atom stereocenters. The van der Waals surface area contributed by atoms with Gasteiger partial charge in [0, 0.05) is 19.3 Å². The van der Waals surface area contributed by atoms with E-state index in [1.165, 1.54) is 148 Å². The van der Waals surface area contributed by atoms with Crippen molar-refractivity contribution in [1.29, 1.82) is 0 Å². The van der Waals surface area contributed by atoms with Gasteiger partial charge in [0.25, 0.3) is 0 Å². The van der Waals surface area contributed by atoms with E-state index in [4.69, 9.17) is 42.2 Å². The van der Waals surface area contributed by atoms with Crippen molar-refractivity contribution in [3.05, 3.63) is 0 Å². The summed E-state index contributed by atoms with van der Waals surface area (Å²) in [4.78, 5) is 50.9. The van der Waals surface area contributed by atoms with E-state index in [-0.39, 0.29) is 19.3 Å². The second kappa shape index (κ2) is 52.9. The van der Waals surface area contributed by atoms with Gasteiger partial charge >= 0.3 is 25.7 Å². The molecule has 0 bridgehead atoms. The third-order valence-electron chi connectivity index (χ3n) is 18.6. The molecule has 18 atom stereocenters. The van der Waals surface area contributed by atoms with Crippen molar-refractivity contribution >= 4 is 25.7 Å². The van der Waals surface area contributed by atoms with Crippen LogP contribution in [0.15, 0.2) is 0 Å². The maximum absolute atomic E-state index is 14.3. The predicted molar refractivity (Wildman–Crippen MR) is 356 cm³/mol. The second-order valence-corrected chi connectivity index (χ2v) is 28.4. The van der Waals surface area contributed by atoms with Crippen molar-refractivity contribution in [3.63, 3.8) is 0 Å². The van der Waals surface area contributed by atoms with Crippen LogP contribution in [0, 0.1) is 0 Å². The molecule has 0 amide bonds. The SMILES string of the molecule is CCCCCCCCCCCCCCCCCCCC(=O)OCC(COP(=O)(O)OC1C(OC2OC(CO)C(O)C(O)C2O)C(O)C(O)C(O)C1OC1OC(COC(=O)CCCCCCCCCCCCC)C(O)C(O)C1O)OC(=O)CCCCCCCCCCCCCC. The van der Waals surface area contributed by atoms with Crippen LogP contribution in [0.1, 0.15) is 297 Å². The molecule has 560 valence electrons. The highest BCUT2D eigenvalue weighted by Crippen LogP contribution is 2.49. The Bertz CT molecular complexity index is 1980. The Labute approximate surface area is 568 Å². The lowest BCUT2D eigenvalue weighted by atomic mass is 9.84. The van der Waals surface area contributed by atoms with Crippen LogP contribution in [0.5, 0.6) is 0 Å². The van der Waals surface area contributed by atoms with E-state index >= 15 is 0 Å². The van der Waals surface area contributed by atoms with Gasteiger partial charge in [0.05, 0.1) is 13.2 Å². The molecule has 95 heavy (non-hydrogen) atoms. The summed E-state index contributed by atoms with van der Waals surface area (Å²) in [6, 6.07) is 0. The van der Waals surface area contributed by atoms with Gasteiger partial charge in [-0.1, -0.05) is 258 Å².